The second-order valence-electron chi connectivity index (χ2n) is 3.02. The molecular weight excluding hydrogens is 265 g/mol. The molecule has 17 heavy (non-hydrogen) atoms. The molecule has 1 rings (SSSR count). The molecule has 0 saturated heterocycles. The number of aromatic hydroxyl groups is 1. The summed E-state index contributed by atoms with van der Waals surface area (Å²) in [6, 6.07) is -0.0145. The van der Waals surface area contributed by atoms with E-state index in [9.17, 15) is 23.3 Å². The molecule has 0 aliphatic carbocycles. The maximum absolute atomic E-state index is 12.2. The fourth-order valence-electron chi connectivity index (χ4n) is 1.07. The molecule has 0 amide bonds. The lowest BCUT2D eigenvalue weighted by molar-refractivity contribution is -0.386. The zero-order chi connectivity index (χ0) is 12.5. The molecule has 0 radical (unpaired) electrons. The molecule has 0 heterocycles. The van der Waals surface area contributed by atoms with Crippen LogP contribution in [0.5, 0.6) is 5.75 Å². The minimum absolute atomic E-state index is 0. The largest absolute Gasteiger partial charge is 0.502 e. The van der Waals surface area contributed by atoms with Crippen LogP contribution in [0.3, 0.4) is 0 Å². The van der Waals surface area contributed by atoms with Crippen molar-refractivity contribution in [3.8, 4) is 5.75 Å². The molecule has 1 aromatic carbocycles. The summed E-state index contributed by atoms with van der Waals surface area (Å²) in [6.45, 7) is 0. The predicted octanol–water partition coefficient (Wildman–Crippen LogP) is 2.28. The molecular formula is C8H8ClF3N2O3. The van der Waals surface area contributed by atoms with Gasteiger partial charge in [0, 0.05) is 6.07 Å². The highest BCUT2D eigenvalue weighted by atomic mass is 35.5. The van der Waals surface area contributed by atoms with E-state index in [0.29, 0.717) is 6.07 Å². The van der Waals surface area contributed by atoms with E-state index in [0.717, 1.165) is 12.1 Å². The van der Waals surface area contributed by atoms with Crippen LogP contribution in [0.25, 0.3) is 0 Å². The van der Waals surface area contributed by atoms with Crippen LogP contribution >= 0.6 is 12.4 Å². The van der Waals surface area contributed by atoms with Crippen molar-refractivity contribution in [2.75, 3.05) is 0 Å². The number of nitrogens with zero attached hydrogens (tertiary/aromatic N) is 1. The fraction of sp³-hybridized carbons (Fsp3) is 0.250. The van der Waals surface area contributed by atoms with Crippen molar-refractivity contribution in [1.82, 2.24) is 0 Å². The summed E-state index contributed by atoms with van der Waals surface area (Å²) < 4.78 is 36.6. The summed E-state index contributed by atoms with van der Waals surface area (Å²) in [5.74, 6) is -0.705. The summed E-state index contributed by atoms with van der Waals surface area (Å²) in [5.41, 5.74) is 3.58. The molecule has 0 unspecified atom stereocenters. The predicted molar refractivity (Wildman–Crippen MR) is 55.0 cm³/mol. The van der Waals surface area contributed by atoms with Crippen LogP contribution < -0.4 is 5.73 Å². The van der Waals surface area contributed by atoms with Crippen LogP contribution in [0.2, 0.25) is 0 Å². The number of rotatable bonds is 2. The summed E-state index contributed by atoms with van der Waals surface area (Å²) in [7, 11) is 0. The fourth-order valence-corrected chi connectivity index (χ4v) is 1.07. The van der Waals surface area contributed by atoms with Gasteiger partial charge in [0.05, 0.1) is 4.92 Å². The van der Waals surface area contributed by atoms with Crippen LogP contribution in [0.1, 0.15) is 11.6 Å². The molecule has 0 bridgehead atoms. The van der Waals surface area contributed by atoms with Gasteiger partial charge in [-0.3, -0.25) is 10.1 Å². The van der Waals surface area contributed by atoms with Crippen LogP contribution in [0.4, 0.5) is 18.9 Å². The summed E-state index contributed by atoms with van der Waals surface area (Å²) in [5, 5.41) is 19.4. The van der Waals surface area contributed by atoms with Gasteiger partial charge in [0.2, 0.25) is 0 Å². The van der Waals surface area contributed by atoms with E-state index in [1.165, 1.54) is 0 Å². The average Bonchev–Trinajstić information content (AvgIpc) is 2.15. The van der Waals surface area contributed by atoms with E-state index < -0.39 is 34.1 Å². The van der Waals surface area contributed by atoms with Crippen molar-refractivity contribution in [3.63, 3.8) is 0 Å². The third kappa shape index (κ3) is 3.46. The first kappa shape index (κ1) is 15.5. The lowest BCUT2D eigenvalue weighted by Gasteiger charge is -2.15. The molecule has 0 saturated carbocycles. The SMILES string of the molecule is Cl.N[C@H](c1ccc(O)c([N+](=O)[O-])c1)C(F)(F)F. The monoisotopic (exact) mass is 272 g/mol. The lowest BCUT2D eigenvalue weighted by atomic mass is 10.1. The van der Waals surface area contributed by atoms with Gasteiger partial charge in [-0.15, -0.1) is 12.4 Å². The Balaban J connectivity index is 0.00000256. The van der Waals surface area contributed by atoms with Gasteiger partial charge in [0.15, 0.2) is 5.75 Å². The van der Waals surface area contributed by atoms with Crippen molar-refractivity contribution < 1.29 is 23.2 Å². The van der Waals surface area contributed by atoms with Gasteiger partial charge in [-0.2, -0.15) is 13.2 Å². The molecule has 9 heteroatoms. The van der Waals surface area contributed by atoms with Crippen molar-refractivity contribution >= 4 is 18.1 Å². The Morgan fingerprint density at radius 3 is 2.35 bits per heavy atom. The number of hydrogen-bond acceptors (Lipinski definition) is 4. The quantitative estimate of drug-likeness (QED) is 0.638. The van der Waals surface area contributed by atoms with Gasteiger partial charge in [0.1, 0.15) is 6.04 Å². The van der Waals surface area contributed by atoms with Crippen LogP contribution in [0.15, 0.2) is 18.2 Å². The first-order valence-corrected chi connectivity index (χ1v) is 4.03. The van der Waals surface area contributed by atoms with Crippen LogP contribution in [-0.4, -0.2) is 16.2 Å². The highest BCUT2D eigenvalue weighted by molar-refractivity contribution is 5.85. The molecule has 3 N–H and O–H groups in total. The zero-order valence-corrected chi connectivity index (χ0v) is 8.96. The Hall–Kier alpha value is -1.54. The number of nitrogens with two attached hydrogens (primary N) is 1. The first-order valence-electron chi connectivity index (χ1n) is 4.03. The Morgan fingerprint density at radius 1 is 1.41 bits per heavy atom. The average molecular weight is 273 g/mol. The maximum Gasteiger partial charge on any atom is 0.407 e. The summed E-state index contributed by atoms with van der Waals surface area (Å²) >= 11 is 0. The minimum Gasteiger partial charge on any atom is -0.502 e. The van der Waals surface area contributed by atoms with Crippen molar-refractivity contribution in [2.45, 2.75) is 12.2 Å². The lowest BCUT2D eigenvalue weighted by Crippen LogP contribution is -2.28. The van der Waals surface area contributed by atoms with Crippen molar-refractivity contribution in [3.05, 3.63) is 33.9 Å². The second kappa shape index (κ2) is 5.19. The van der Waals surface area contributed by atoms with Gasteiger partial charge >= 0.3 is 11.9 Å². The van der Waals surface area contributed by atoms with E-state index in [2.05, 4.69) is 0 Å². The molecule has 5 nitrogen and oxygen atoms in total. The third-order valence-corrected chi connectivity index (χ3v) is 1.91. The maximum atomic E-state index is 12.2. The number of nitro benzene ring substituents is 1. The standard InChI is InChI=1S/C8H7F3N2O3.ClH/c9-8(10,11)7(12)4-1-2-6(14)5(3-4)13(15)16;/h1-3,7,14H,12H2;1H/t7-;/m1./s1. The van der Waals surface area contributed by atoms with E-state index >= 15 is 0 Å². The second-order valence-corrected chi connectivity index (χ2v) is 3.02. The first-order chi connectivity index (χ1) is 7.23. The van der Waals surface area contributed by atoms with E-state index in [1.807, 2.05) is 0 Å². The number of benzene rings is 1. The Bertz CT molecular complexity index is 425. The summed E-state index contributed by atoms with van der Waals surface area (Å²) in [4.78, 5) is 9.39. The number of hydrogen-bond donors (Lipinski definition) is 2. The number of halogens is 4. The van der Waals surface area contributed by atoms with Gasteiger partial charge < -0.3 is 10.8 Å². The minimum atomic E-state index is -4.69. The van der Waals surface area contributed by atoms with Gasteiger partial charge in [-0.05, 0) is 11.6 Å². The summed E-state index contributed by atoms with van der Waals surface area (Å²) in [6.07, 6.45) is -4.69. The van der Waals surface area contributed by atoms with E-state index in [1.54, 1.807) is 0 Å². The number of phenols is 1. The molecule has 0 aliphatic rings. The zero-order valence-electron chi connectivity index (χ0n) is 8.14. The van der Waals surface area contributed by atoms with Crippen LogP contribution in [0, 0.1) is 10.1 Å². The Morgan fingerprint density at radius 2 is 1.94 bits per heavy atom. The third-order valence-electron chi connectivity index (χ3n) is 1.91. The molecule has 1 aromatic rings. The smallest absolute Gasteiger partial charge is 0.407 e. The molecule has 1 atom stereocenters. The van der Waals surface area contributed by atoms with Crippen molar-refractivity contribution in [2.24, 2.45) is 5.73 Å². The van der Waals surface area contributed by atoms with E-state index in [4.69, 9.17) is 10.8 Å². The molecule has 0 fully saturated rings. The molecule has 0 aromatic heterocycles. The number of nitro groups is 1. The van der Waals surface area contributed by atoms with Gasteiger partial charge in [0.25, 0.3) is 0 Å². The topological polar surface area (TPSA) is 89.4 Å². The normalized spacial score (nSPS) is 12.7. The number of phenolic OH excluding ortho intramolecular Hbond substituents is 1. The molecule has 0 spiro atoms. The van der Waals surface area contributed by atoms with Crippen molar-refractivity contribution in [1.29, 1.82) is 0 Å². The molecule has 96 valence electrons. The molecule has 0 aliphatic heterocycles. The Labute approximate surface area is 99.6 Å². The highest BCUT2D eigenvalue weighted by Crippen LogP contribution is 2.34. The van der Waals surface area contributed by atoms with E-state index in [-0.39, 0.29) is 12.4 Å². The highest BCUT2D eigenvalue weighted by Gasteiger charge is 2.38. The Kier molecular flexibility index (Phi) is 4.72. The van der Waals surface area contributed by atoms with Gasteiger partial charge in [-0.1, -0.05) is 6.07 Å². The van der Waals surface area contributed by atoms with Gasteiger partial charge in [-0.25, -0.2) is 0 Å². The van der Waals surface area contributed by atoms with Crippen LogP contribution in [-0.2, 0) is 0 Å². The number of alkyl halides is 3.